The van der Waals surface area contributed by atoms with E-state index in [9.17, 15) is 13.2 Å². The summed E-state index contributed by atoms with van der Waals surface area (Å²) in [6, 6.07) is -0.303. The summed E-state index contributed by atoms with van der Waals surface area (Å²) in [6.45, 7) is 0.871. The Balaban J connectivity index is 1.69. The van der Waals surface area contributed by atoms with E-state index in [4.69, 9.17) is 9.47 Å². The molecule has 1 N–H and O–H groups in total. The van der Waals surface area contributed by atoms with Crippen LogP contribution in [0, 0.1) is 0 Å². The summed E-state index contributed by atoms with van der Waals surface area (Å²) in [7, 11) is -2.95. The second-order valence-corrected chi connectivity index (χ2v) is 6.03. The average Bonchev–Trinajstić information content (AvgIpc) is 2.89. The fraction of sp³-hybridized carbons (Fsp3) is 0.875. The van der Waals surface area contributed by atoms with Crippen LogP contribution in [0.2, 0.25) is 0 Å². The number of hydrogen-bond donors (Lipinski definition) is 1. The van der Waals surface area contributed by atoms with Gasteiger partial charge in [-0.2, -0.15) is 0 Å². The van der Waals surface area contributed by atoms with Gasteiger partial charge >= 0.3 is 6.09 Å². The fourth-order valence-electron chi connectivity index (χ4n) is 1.45. The molecule has 2 saturated heterocycles. The smallest absolute Gasteiger partial charge is 0.407 e. The summed E-state index contributed by atoms with van der Waals surface area (Å²) in [6.07, 6.45) is -0.0622. The third-order valence-electron chi connectivity index (χ3n) is 2.36. The van der Waals surface area contributed by atoms with Crippen molar-refractivity contribution in [2.75, 3.05) is 24.7 Å². The van der Waals surface area contributed by atoms with Crippen LogP contribution < -0.4 is 5.32 Å². The van der Waals surface area contributed by atoms with Gasteiger partial charge in [0.05, 0.1) is 18.1 Å². The lowest BCUT2D eigenvalue weighted by Gasteiger charge is -2.10. The van der Waals surface area contributed by atoms with Crippen molar-refractivity contribution in [2.24, 2.45) is 0 Å². The van der Waals surface area contributed by atoms with Crippen LogP contribution in [0.5, 0.6) is 0 Å². The third kappa shape index (κ3) is 3.35. The first kappa shape index (κ1) is 10.7. The molecule has 86 valence electrons. The molecule has 1 amide bonds. The summed E-state index contributed by atoms with van der Waals surface area (Å²) < 4.78 is 31.9. The van der Waals surface area contributed by atoms with Gasteiger partial charge in [-0.25, -0.2) is 13.2 Å². The summed E-state index contributed by atoms with van der Waals surface area (Å²) in [5.41, 5.74) is 0. The van der Waals surface area contributed by atoms with Gasteiger partial charge in [-0.1, -0.05) is 0 Å². The number of hydrogen-bond acceptors (Lipinski definition) is 5. The Morgan fingerprint density at radius 2 is 2.27 bits per heavy atom. The Morgan fingerprint density at radius 3 is 2.80 bits per heavy atom. The molecule has 2 aliphatic rings. The van der Waals surface area contributed by atoms with Gasteiger partial charge in [-0.3, -0.25) is 0 Å². The van der Waals surface area contributed by atoms with Gasteiger partial charge < -0.3 is 14.8 Å². The van der Waals surface area contributed by atoms with Crippen molar-refractivity contribution in [3.63, 3.8) is 0 Å². The van der Waals surface area contributed by atoms with Crippen LogP contribution in [-0.4, -0.2) is 51.4 Å². The number of nitrogens with one attached hydrogen (secondary N) is 1. The number of amides is 1. The third-order valence-corrected chi connectivity index (χ3v) is 4.13. The first-order valence-electron chi connectivity index (χ1n) is 4.80. The van der Waals surface area contributed by atoms with Gasteiger partial charge in [0.25, 0.3) is 0 Å². The van der Waals surface area contributed by atoms with Crippen LogP contribution in [0.15, 0.2) is 0 Å². The molecule has 0 radical (unpaired) electrons. The summed E-state index contributed by atoms with van der Waals surface area (Å²) in [5.74, 6) is 0.158. The minimum atomic E-state index is -2.95. The van der Waals surface area contributed by atoms with E-state index in [1.54, 1.807) is 0 Å². The van der Waals surface area contributed by atoms with E-state index in [2.05, 4.69) is 5.32 Å². The molecule has 0 aromatic heterocycles. The Kier molecular flexibility index (Phi) is 2.83. The van der Waals surface area contributed by atoms with E-state index in [1.807, 2.05) is 0 Å². The molecule has 0 aromatic rings. The van der Waals surface area contributed by atoms with Crippen molar-refractivity contribution < 1.29 is 22.7 Å². The number of ether oxygens (including phenoxy) is 2. The predicted molar refractivity (Wildman–Crippen MR) is 51.3 cm³/mol. The molecule has 2 fully saturated rings. The molecule has 6 nitrogen and oxygen atoms in total. The van der Waals surface area contributed by atoms with Crippen molar-refractivity contribution in [2.45, 2.75) is 18.6 Å². The molecule has 0 spiro atoms. The lowest BCUT2D eigenvalue weighted by atomic mass is 10.3. The zero-order valence-electron chi connectivity index (χ0n) is 8.14. The highest BCUT2D eigenvalue weighted by Gasteiger charge is 2.30. The Labute approximate surface area is 87.8 Å². The van der Waals surface area contributed by atoms with Gasteiger partial charge in [-0.15, -0.1) is 0 Å². The Morgan fingerprint density at radius 1 is 1.53 bits per heavy atom. The van der Waals surface area contributed by atoms with Crippen LogP contribution in [0.4, 0.5) is 4.79 Å². The molecule has 2 atom stereocenters. The molecule has 2 aliphatic heterocycles. The second-order valence-electron chi connectivity index (χ2n) is 3.80. The number of rotatable bonds is 3. The Bertz CT molecular complexity index is 348. The standard InChI is InChI=1S/C8H13NO5S/c10-8(14-4-7-3-13-7)9-6-1-2-15(11,12)5-6/h6-7H,1-5H2,(H,9,10)/t6-,7+/m0/s1. The first-order valence-corrected chi connectivity index (χ1v) is 6.63. The maximum atomic E-state index is 11.2. The monoisotopic (exact) mass is 235 g/mol. The van der Waals surface area contributed by atoms with Gasteiger partial charge in [0, 0.05) is 6.04 Å². The molecule has 15 heavy (non-hydrogen) atoms. The molecule has 2 rings (SSSR count). The van der Waals surface area contributed by atoms with Crippen LogP contribution in [-0.2, 0) is 19.3 Å². The van der Waals surface area contributed by atoms with E-state index >= 15 is 0 Å². The van der Waals surface area contributed by atoms with E-state index in [1.165, 1.54) is 0 Å². The highest BCUT2D eigenvalue weighted by Crippen LogP contribution is 2.12. The second kappa shape index (κ2) is 3.97. The number of carbonyl (C=O) groups is 1. The zero-order valence-corrected chi connectivity index (χ0v) is 8.96. The van der Waals surface area contributed by atoms with Gasteiger partial charge in [0.1, 0.15) is 12.7 Å². The SMILES string of the molecule is O=C(N[C@H]1CCS(=O)(=O)C1)OC[C@H]1CO1. The van der Waals surface area contributed by atoms with Gasteiger partial charge in [0.15, 0.2) is 9.84 Å². The van der Waals surface area contributed by atoms with Crippen molar-refractivity contribution in [1.82, 2.24) is 5.32 Å². The number of alkyl carbamates (subject to hydrolysis) is 1. The highest BCUT2D eigenvalue weighted by molar-refractivity contribution is 7.91. The lowest BCUT2D eigenvalue weighted by Crippen LogP contribution is -2.36. The van der Waals surface area contributed by atoms with Gasteiger partial charge in [0.2, 0.25) is 0 Å². The number of epoxide rings is 1. The molecule has 0 aromatic carbocycles. The molecule has 0 unspecified atom stereocenters. The van der Waals surface area contributed by atoms with Crippen molar-refractivity contribution in [3.05, 3.63) is 0 Å². The summed E-state index contributed by atoms with van der Waals surface area (Å²) in [5, 5.41) is 2.52. The van der Waals surface area contributed by atoms with Crippen molar-refractivity contribution in [3.8, 4) is 0 Å². The van der Waals surface area contributed by atoms with E-state index in [0.29, 0.717) is 13.0 Å². The molecule has 0 aliphatic carbocycles. The van der Waals surface area contributed by atoms with Crippen LogP contribution >= 0.6 is 0 Å². The van der Waals surface area contributed by atoms with Crippen molar-refractivity contribution in [1.29, 1.82) is 0 Å². The van der Waals surface area contributed by atoms with E-state index < -0.39 is 15.9 Å². The topological polar surface area (TPSA) is 85.0 Å². The number of sulfone groups is 1. The molecule has 0 saturated carbocycles. The summed E-state index contributed by atoms with van der Waals surface area (Å²) >= 11 is 0. The van der Waals surface area contributed by atoms with Crippen molar-refractivity contribution >= 4 is 15.9 Å². The van der Waals surface area contributed by atoms with E-state index in [0.717, 1.165) is 0 Å². The van der Waals surface area contributed by atoms with Crippen LogP contribution in [0.25, 0.3) is 0 Å². The predicted octanol–water partition coefficient (Wildman–Crippen LogP) is -0.702. The quantitative estimate of drug-likeness (QED) is 0.654. The molecule has 0 bridgehead atoms. The largest absolute Gasteiger partial charge is 0.447 e. The molecule has 2 heterocycles. The normalized spacial score (nSPS) is 32.3. The van der Waals surface area contributed by atoms with Gasteiger partial charge in [-0.05, 0) is 6.42 Å². The van der Waals surface area contributed by atoms with Crippen LogP contribution in [0.1, 0.15) is 6.42 Å². The Hall–Kier alpha value is -0.820. The summed E-state index contributed by atoms with van der Waals surface area (Å²) in [4.78, 5) is 11.2. The van der Waals surface area contributed by atoms with E-state index in [-0.39, 0.29) is 30.3 Å². The maximum absolute atomic E-state index is 11.2. The molecule has 7 heteroatoms. The number of carbonyl (C=O) groups excluding carboxylic acids is 1. The zero-order chi connectivity index (χ0) is 10.9. The highest BCUT2D eigenvalue weighted by atomic mass is 32.2. The molecular weight excluding hydrogens is 222 g/mol. The molecular formula is C8H13NO5S. The first-order chi connectivity index (χ1) is 7.05. The lowest BCUT2D eigenvalue weighted by molar-refractivity contribution is 0.133. The van der Waals surface area contributed by atoms with Crippen LogP contribution in [0.3, 0.4) is 0 Å². The fourth-order valence-corrected chi connectivity index (χ4v) is 3.12. The average molecular weight is 235 g/mol. The minimum Gasteiger partial charge on any atom is -0.447 e. The minimum absolute atomic E-state index is 0.0159. The maximum Gasteiger partial charge on any atom is 0.407 e.